The maximum Gasteiger partial charge on any atom is 0.145 e. The SMILES string of the molecule is CC(F)(CN)c1cccc(Br)c1. The van der Waals surface area contributed by atoms with Gasteiger partial charge < -0.3 is 5.73 Å². The zero-order valence-corrected chi connectivity index (χ0v) is 8.44. The Bertz CT molecular complexity index is 273. The first-order chi connectivity index (χ1) is 5.56. The van der Waals surface area contributed by atoms with Crippen molar-refractivity contribution in [1.82, 2.24) is 0 Å². The van der Waals surface area contributed by atoms with Crippen molar-refractivity contribution in [3.05, 3.63) is 34.3 Å². The van der Waals surface area contributed by atoms with Crippen LogP contribution in [-0.2, 0) is 5.67 Å². The van der Waals surface area contributed by atoms with Crippen molar-refractivity contribution >= 4 is 15.9 Å². The summed E-state index contributed by atoms with van der Waals surface area (Å²) in [6.45, 7) is 1.48. The first kappa shape index (κ1) is 9.68. The van der Waals surface area contributed by atoms with Gasteiger partial charge >= 0.3 is 0 Å². The Balaban J connectivity index is 3.03. The summed E-state index contributed by atoms with van der Waals surface area (Å²) in [6, 6.07) is 7.13. The topological polar surface area (TPSA) is 26.0 Å². The number of rotatable bonds is 2. The van der Waals surface area contributed by atoms with Gasteiger partial charge in [0.2, 0.25) is 0 Å². The minimum Gasteiger partial charge on any atom is -0.327 e. The Morgan fingerprint density at radius 3 is 2.75 bits per heavy atom. The predicted octanol–water partition coefficient (Wildman–Crippen LogP) is 2.59. The zero-order chi connectivity index (χ0) is 9.19. The van der Waals surface area contributed by atoms with E-state index < -0.39 is 5.67 Å². The van der Waals surface area contributed by atoms with E-state index in [4.69, 9.17) is 5.73 Å². The summed E-state index contributed by atoms with van der Waals surface area (Å²) in [7, 11) is 0. The van der Waals surface area contributed by atoms with Gasteiger partial charge in [0, 0.05) is 11.0 Å². The molecule has 1 nitrogen and oxygen atoms in total. The third kappa shape index (κ3) is 2.05. The van der Waals surface area contributed by atoms with Crippen LogP contribution in [0.25, 0.3) is 0 Å². The summed E-state index contributed by atoms with van der Waals surface area (Å²) in [5, 5.41) is 0. The van der Waals surface area contributed by atoms with E-state index in [1.807, 2.05) is 6.07 Å². The number of nitrogens with two attached hydrogens (primary N) is 1. The van der Waals surface area contributed by atoms with Crippen LogP contribution in [0.15, 0.2) is 28.7 Å². The summed E-state index contributed by atoms with van der Waals surface area (Å²) in [5.41, 5.74) is 4.48. The zero-order valence-electron chi connectivity index (χ0n) is 6.85. The van der Waals surface area contributed by atoms with E-state index in [1.54, 1.807) is 18.2 Å². The molecule has 0 aliphatic rings. The highest BCUT2D eigenvalue weighted by Gasteiger charge is 2.23. The van der Waals surface area contributed by atoms with E-state index in [-0.39, 0.29) is 6.54 Å². The predicted molar refractivity (Wildman–Crippen MR) is 51.7 cm³/mol. The first-order valence-corrected chi connectivity index (χ1v) is 4.50. The van der Waals surface area contributed by atoms with Crippen LogP contribution in [0.2, 0.25) is 0 Å². The molecule has 0 spiro atoms. The molecule has 1 aromatic rings. The fourth-order valence-corrected chi connectivity index (χ4v) is 1.33. The van der Waals surface area contributed by atoms with Gasteiger partial charge in [-0.2, -0.15) is 0 Å². The summed E-state index contributed by atoms with van der Waals surface area (Å²) >= 11 is 3.28. The van der Waals surface area contributed by atoms with E-state index in [0.29, 0.717) is 5.56 Å². The van der Waals surface area contributed by atoms with Gasteiger partial charge in [-0.3, -0.25) is 0 Å². The highest BCUT2D eigenvalue weighted by Crippen LogP contribution is 2.26. The van der Waals surface area contributed by atoms with Gasteiger partial charge in [-0.1, -0.05) is 28.1 Å². The molecule has 0 radical (unpaired) electrons. The number of halogens is 2. The smallest absolute Gasteiger partial charge is 0.145 e. The second kappa shape index (κ2) is 3.54. The lowest BCUT2D eigenvalue weighted by Gasteiger charge is -2.18. The maximum atomic E-state index is 13.6. The average Bonchev–Trinajstić information content (AvgIpc) is 2.05. The third-order valence-electron chi connectivity index (χ3n) is 1.81. The Hall–Kier alpha value is -0.410. The molecular weight excluding hydrogens is 221 g/mol. The fourth-order valence-electron chi connectivity index (χ4n) is 0.931. The van der Waals surface area contributed by atoms with Crippen molar-refractivity contribution < 1.29 is 4.39 Å². The molecule has 0 aliphatic carbocycles. The number of hydrogen-bond acceptors (Lipinski definition) is 1. The van der Waals surface area contributed by atoms with Crippen LogP contribution in [0, 0.1) is 0 Å². The van der Waals surface area contributed by atoms with Crippen molar-refractivity contribution in [3.8, 4) is 0 Å². The number of alkyl halides is 1. The molecule has 0 aliphatic heterocycles. The van der Waals surface area contributed by atoms with Gasteiger partial charge in [-0.15, -0.1) is 0 Å². The lowest BCUT2D eigenvalue weighted by molar-refractivity contribution is 0.203. The van der Waals surface area contributed by atoms with Crippen LogP contribution in [0.4, 0.5) is 4.39 Å². The van der Waals surface area contributed by atoms with Crippen LogP contribution in [0.3, 0.4) is 0 Å². The van der Waals surface area contributed by atoms with Crippen molar-refractivity contribution in [1.29, 1.82) is 0 Å². The summed E-state index contributed by atoms with van der Waals surface area (Å²) in [6.07, 6.45) is 0. The van der Waals surface area contributed by atoms with Gasteiger partial charge in [-0.25, -0.2) is 4.39 Å². The molecule has 0 aromatic heterocycles. The molecular formula is C9H11BrFN. The molecule has 0 heterocycles. The molecule has 2 N–H and O–H groups in total. The standard InChI is InChI=1S/C9H11BrFN/c1-9(11,6-12)7-3-2-4-8(10)5-7/h2-5H,6,12H2,1H3. The molecule has 0 saturated heterocycles. The van der Waals surface area contributed by atoms with E-state index >= 15 is 0 Å². The second-order valence-electron chi connectivity index (χ2n) is 2.91. The maximum absolute atomic E-state index is 13.6. The van der Waals surface area contributed by atoms with Gasteiger partial charge in [0.05, 0.1) is 0 Å². The fraction of sp³-hybridized carbons (Fsp3) is 0.333. The molecule has 1 rings (SSSR count). The number of hydrogen-bond donors (Lipinski definition) is 1. The first-order valence-electron chi connectivity index (χ1n) is 3.71. The monoisotopic (exact) mass is 231 g/mol. The molecule has 12 heavy (non-hydrogen) atoms. The molecule has 0 amide bonds. The highest BCUT2D eigenvalue weighted by atomic mass is 79.9. The largest absolute Gasteiger partial charge is 0.327 e. The van der Waals surface area contributed by atoms with Gasteiger partial charge in [0.25, 0.3) is 0 Å². The molecule has 3 heteroatoms. The molecule has 1 aromatic carbocycles. The lowest BCUT2D eigenvalue weighted by atomic mass is 9.98. The van der Waals surface area contributed by atoms with E-state index in [9.17, 15) is 4.39 Å². The van der Waals surface area contributed by atoms with Crippen molar-refractivity contribution in [2.24, 2.45) is 5.73 Å². The van der Waals surface area contributed by atoms with Gasteiger partial charge in [0.1, 0.15) is 5.67 Å². The van der Waals surface area contributed by atoms with Crippen molar-refractivity contribution in [2.75, 3.05) is 6.54 Å². The molecule has 1 atom stereocenters. The van der Waals surface area contributed by atoms with E-state index in [2.05, 4.69) is 15.9 Å². The molecule has 0 bridgehead atoms. The Morgan fingerprint density at radius 1 is 1.58 bits per heavy atom. The quantitative estimate of drug-likeness (QED) is 0.833. The van der Waals surface area contributed by atoms with Crippen molar-refractivity contribution in [3.63, 3.8) is 0 Å². The van der Waals surface area contributed by atoms with Crippen LogP contribution in [-0.4, -0.2) is 6.54 Å². The van der Waals surface area contributed by atoms with Gasteiger partial charge in [-0.05, 0) is 24.6 Å². The van der Waals surface area contributed by atoms with Crippen LogP contribution in [0.5, 0.6) is 0 Å². The van der Waals surface area contributed by atoms with Gasteiger partial charge in [0.15, 0.2) is 0 Å². The van der Waals surface area contributed by atoms with Crippen LogP contribution in [0.1, 0.15) is 12.5 Å². The minimum absolute atomic E-state index is 0.00343. The Morgan fingerprint density at radius 2 is 2.25 bits per heavy atom. The average molecular weight is 232 g/mol. The molecule has 1 unspecified atom stereocenters. The van der Waals surface area contributed by atoms with Crippen molar-refractivity contribution in [2.45, 2.75) is 12.6 Å². The molecule has 66 valence electrons. The summed E-state index contributed by atoms with van der Waals surface area (Å²) in [5.74, 6) is 0. The lowest BCUT2D eigenvalue weighted by Crippen LogP contribution is -2.26. The van der Waals surface area contributed by atoms with E-state index in [0.717, 1.165) is 4.47 Å². The number of benzene rings is 1. The summed E-state index contributed by atoms with van der Waals surface area (Å²) < 4.78 is 14.5. The Labute approximate surface area is 79.9 Å². The Kier molecular flexibility index (Phi) is 2.85. The molecule has 0 fully saturated rings. The normalized spacial score (nSPS) is 15.7. The summed E-state index contributed by atoms with van der Waals surface area (Å²) in [4.78, 5) is 0. The minimum atomic E-state index is -1.43. The third-order valence-corrected chi connectivity index (χ3v) is 2.30. The van der Waals surface area contributed by atoms with E-state index in [1.165, 1.54) is 6.92 Å². The molecule has 0 saturated carbocycles. The van der Waals surface area contributed by atoms with Crippen LogP contribution < -0.4 is 5.73 Å². The second-order valence-corrected chi connectivity index (χ2v) is 3.83. The highest BCUT2D eigenvalue weighted by molar-refractivity contribution is 9.10. The van der Waals surface area contributed by atoms with Crippen LogP contribution >= 0.6 is 15.9 Å².